The number of carbonyl (C=O) groups excluding carboxylic acids is 1. The molecule has 1 aliphatic rings. The van der Waals surface area contributed by atoms with E-state index in [9.17, 15) is 23.2 Å². The highest BCUT2D eigenvalue weighted by atomic mass is 19.4. The zero-order valence-electron chi connectivity index (χ0n) is 14.3. The summed E-state index contributed by atoms with van der Waals surface area (Å²) in [5.41, 5.74) is 3.56. The van der Waals surface area contributed by atoms with Crippen molar-refractivity contribution < 1.29 is 27.4 Å². The fourth-order valence-corrected chi connectivity index (χ4v) is 2.76. The number of hydrogen-bond acceptors (Lipinski definition) is 6. The van der Waals surface area contributed by atoms with Crippen molar-refractivity contribution in [2.24, 2.45) is 5.73 Å². The molecule has 2 N–H and O–H groups in total. The molecule has 0 bridgehead atoms. The molecule has 1 heterocycles. The molecule has 0 fully saturated rings. The Hall–Kier alpha value is -3.46. The smallest absolute Gasteiger partial charge is 0.417 e. The quantitative estimate of drug-likeness (QED) is 0.810. The number of esters is 1. The molecule has 1 unspecified atom stereocenters. The van der Waals surface area contributed by atoms with Crippen molar-refractivity contribution in [1.29, 1.82) is 10.5 Å². The van der Waals surface area contributed by atoms with Gasteiger partial charge in [0.15, 0.2) is 0 Å². The number of hydrogen-bond donors (Lipinski definition) is 1. The summed E-state index contributed by atoms with van der Waals surface area (Å²) >= 11 is 0. The van der Waals surface area contributed by atoms with Crippen LogP contribution in [-0.2, 0) is 20.4 Å². The summed E-state index contributed by atoms with van der Waals surface area (Å²) in [5, 5.41) is 18.4. The monoisotopic (exact) mass is 377 g/mol. The van der Waals surface area contributed by atoms with Crippen LogP contribution in [0.4, 0.5) is 13.2 Å². The maximum absolute atomic E-state index is 13.3. The van der Waals surface area contributed by atoms with Crippen LogP contribution in [0.5, 0.6) is 0 Å². The molecule has 27 heavy (non-hydrogen) atoms. The second kappa shape index (κ2) is 7.42. The van der Waals surface area contributed by atoms with Gasteiger partial charge in [0, 0.05) is 0 Å². The highest BCUT2D eigenvalue weighted by molar-refractivity contribution is 5.92. The van der Waals surface area contributed by atoms with Gasteiger partial charge in [0.2, 0.25) is 5.88 Å². The molecule has 0 saturated heterocycles. The van der Waals surface area contributed by atoms with Gasteiger partial charge in [-0.25, -0.2) is 4.79 Å². The molecule has 0 aromatic heterocycles. The van der Waals surface area contributed by atoms with Crippen LogP contribution in [0.25, 0.3) is 0 Å². The molecule has 140 valence electrons. The molecule has 0 saturated carbocycles. The van der Waals surface area contributed by atoms with E-state index in [4.69, 9.17) is 20.5 Å². The van der Waals surface area contributed by atoms with Crippen LogP contribution in [0.15, 0.2) is 41.0 Å². The van der Waals surface area contributed by atoms with Gasteiger partial charge in [0.1, 0.15) is 17.4 Å². The van der Waals surface area contributed by atoms with E-state index in [1.165, 1.54) is 19.1 Å². The van der Waals surface area contributed by atoms with E-state index in [-0.39, 0.29) is 35.0 Å². The number of halogens is 3. The highest BCUT2D eigenvalue weighted by Gasteiger charge is 2.39. The SMILES string of the molecule is CCOC(=O)C1=C(C)OC(N)=C(C#N)C1c1ccc(C#N)c(C(F)(F)F)c1. The van der Waals surface area contributed by atoms with Crippen LogP contribution in [0, 0.1) is 22.7 Å². The number of ether oxygens (including phenoxy) is 2. The van der Waals surface area contributed by atoms with E-state index in [2.05, 4.69) is 0 Å². The molecule has 6 nitrogen and oxygen atoms in total. The zero-order chi connectivity index (χ0) is 20.4. The molecule has 9 heteroatoms. The number of alkyl halides is 3. The van der Waals surface area contributed by atoms with Crippen LogP contribution >= 0.6 is 0 Å². The van der Waals surface area contributed by atoms with Gasteiger partial charge in [-0.3, -0.25) is 0 Å². The van der Waals surface area contributed by atoms with Crippen molar-refractivity contribution in [3.63, 3.8) is 0 Å². The molecule has 1 aliphatic heterocycles. The Balaban J connectivity index is 2.74. The lowest BCUT2D eigenvalue weighted by Gasteiger charge is -2.27. The number of carbonyl (C=O) groups is 1. The van der Waals surface area contributed by atoms with Crippen LogP contribution in [0.1, 0.15) is 36.5 Å². The van der Waals surface area contributed by atoms with Gasteiger partial charge in [-0.2, -0.15) is 23.7 Å². The molecule has 0 radical (unpaired) electrons. The van der Waals surface area contributed by atoms with Gasteiger partial charge in [-0.1, -0.05) is 6.07 Å². The third-order valence-electron chi connectivity index (χ3n) is 3.90. The van der Waals surface area contributed by atoms with Gasteiger partial charge in [0.05, 0.1) is 35.3 Å². The Morgan fingerprint density at radius 1 is 1.33 bits per heavy atom. The van der Waals surface area contributed by atoms with Crippen molar-refractivity contribution in [2.75, 3.05) is 6.61 Å². The first-order valence-electron chi connectivity index (χ1n) is 7.72. The zero-order valence-corrected chi connectivity index (χ0v) is 14.3. The van der Waals surface area contributed by atoms with Crippen molar-refractivity contribution in [3.8, 4) is 12.1 Å². The molecule has 0 spiro atoms. The normalized spacial score (nSPS) is 17.1. The van der Waals surface area contributed by atoms with E-state index < -0.39 is 29.2 Å². The summed E-state index contributed by atoms with van der Waals surface area (Å²) in [6.45, 7) is 2.98. The third kappa shape index (κ3) is 3.72. The summed E-state index contributed by atoms with van der Waals surface area (Å²) in [7, 11) is 0. The number of benzene rings is 1. The van der Waals surface area contributed by atoms with Crippen molar-refractivity contribution in [1.82, 2.24) is 0 Å². The van der Waals surface area contributed by atoms with Crippen molar-refractivity contribution in [2.45, 2.75) is 25.9 Å². The molecule has 0 amide bonds. The number of nitrogens with two attached hydrogens (primary N) is 1. The second-order valence-corrected chi connectivity index (χ2v) is 5.53. The van der Waals surface area contributed by atoms with E-state index in [1.54, 1.807) is 13.0 Å². The highest BCUT2D eigenvalue weighted by Crippen LogP contribution is 2.42. The summed E-state index contributed by atoms with van der Waals surface area (Å²) in [6.07, 6.45) is -4.79. The lowest BCUT2D eigenvalue weighted by atomic mass is 9.82. The van der Waals surface area contributed by atoms with Crippen LogP contribution in [0.2, 0.25) is 0 Å². The summed E-state index contributed by atoms with van der Waals surface area (Å²) in [4.78, 5) is 12.4. The fraction of sp³-hybridized carbons (Fsp3) is 0.278. The average molecular weight is 377 g/mol. The van der Waals surface area contributed by atoms with E-state index in [0.29, 0.717) is 0 Å². The predicted octanol–water partition coefficient (Wildman–Crippen LogP) is 3.22. The van der Waals surface area contributed by atoms with Crippen LogP contribution in [0.3, 0.4) is 0 Å². The number of nitrogens with zero attached hydrogens (tertiary/aromatic N) is 2. The van der Waals surface area contributed by atoms with Gasteiger partial charge in [-0.05, 0) is 31.5 Å². The first kappa shape index (κ1) is 19.9. The topological polar surface area (TPSA) is 109 Å². The largest absolute Gasteiger partial charge is 0.463 e. The Bertz CT molecular complexity index is 934. The Kier molecular flexibility index (Phi) is 5.46. The third-order valence-corrected chi connectivity index (χ3v) is 3.90. The van der Waals surface area contributed by atoms with Crippen LogP contribution in [-0.4, -0.2) is 12.6 Å². The molecule has 1 aromatic carbocycles. The maximum atomic E-state index is 13.3. The minimum Gasteiger partial charge on any atom is -0.463 e. The molecule has 1 aromatic rings. The van der Waals surface area contributed by atoms with E-state index >= 15 is 0 Å². The first-order valence-corrected chi connectivity index (χ1v) is 7.72. The molecular weight excluding hydrogens is 363 g/mol. The number of allylic oxidation sites excluding steroid dienone is 2. The average Bonchev–Trinajstić information content (AvgIpc) is 2.60. The van der Waals surface area contributed by atoms with Crippen molar-refractivity contribution in [3.05, 3.63) is 57.7 Å². The minimum atomic E-state index is -4.79. The maximum Gasteiger partial charge on any atom is 0.417 e. The second-order valence-electron chi connectivity index (χ2n) is 5.53. The summed E-state index contributed by atoms with van der Waals surface area (Å²) in [5.74, 6) is -2.34. The van der Waals surface area contributed by atoms with Crippen molar-refractivity contribution >= 4 is 5.97 Å². The van der Waals surface area contributed by atoms with Gasteiger partial charge >= 0.3 is 12.1 Å². The lowest BCUT2D eigenvalue weighted by molar-refractivity contribution is -0.139. The standard InChI is InChI=1S/C18H14F3N3O3/c1-3-26-17(25)14-9(2)27-16(24)12(8-23)15(14)10-4-5-11(7-22)13(6-10)18(19,20)21/h4-6,15H,3,24H2,1-2H3. The summed E-state index contributed by atoms with van der Waals surface area (Å²) in [6, 6.07) is 6.21. The van der Waals surface area contributed by atoms with E-state index in [0.717, 1.165) is 12.1 Å². The Morgan fingerprint density at radius 3 is 2.52 bits per heavy atom. The molecular formula is C18H14F3N3O3. The minimum absolute atomic E-state index is 0.0184. The first-order chi connectivity index (χ1) is 12.6. The molecule has 1 atom stereocenters. The lowest BCUT2D eigenvalue weighted by Crippen LogP contribution is -2.26. The number of nitriles is 2. The molecule has 2 rings (SSSR count). The molecule has 0 aliphatic carbocycles. The van der Waals surface area contributed by atoms with Gasteiger partial charge in [0.25, 0.3) is 0 Å². The fourth-order valence-electron chi connectivity index (χ4n) is 2.76. The predicted molar refractivity (Wildman–Crippen MR) is 86.1 cm³/mol. The Morgan fingerprint density at radius 2 is 2.00 bits per heavy atom. The van der Waals surface area contributed by atoms with E-state index in [1.807, 2.05) is 0 Å². The van der Waals surface area contributed by atoms with Gasteiger partial charge < -0.3 is 15.2 Å². The van der Waals surface area contributed by atoms with Gasteiger partial charge in [-0.15, -0.1) is 0 Å². The summed E-state index contributed by atoms with van der Waals surface area (Å²) < 4.78 is 50.1. The Labute approximate surface area is 152 Å². The number of rotatable bonds is 3. The van der Waals surface area contributed by atoms with Crippen LogP contribution < -0.4 is 5.73 Å².